The number of halogens is 1. The second-order valence-corrected chi connectivity index (χ2v) is 8.92. The molecule has 0 bridgehead atoms. The summed E-state index contributed by atoms with van der Waals surface area (Å²) in [7, 11) is 0. The van der Waals surface area contributed by atoms with Gasteiger partial charge >= 0.3 is 0 Å². The van der Waals surface area contributed by atoms with Crippen molar-refractivity contribution in [3.63, 3.8) is 0 Å². The first-order chi connectivity index (χ1) is 14.8. The van der Waals surface area contributed by atoms with E-state index < -0.39 is 5.79 Å². The second-order valence-electron chi connectivity index (χ2n) is 8.65. The van der Waals surface area contributed by atoms with E-state index >= 15 is 0 Å². The fourth-order valence-electron chi connectivity index (χ4n) is 5.19. The fourth-order valence-corrected chi connectivity index (χ4v) is 5.33. The summed E-state index contributed by atoms with van der Waals surface area (Å²) in [6.07, 6.45) is 0.997. The molecule has 1 unspecified atom stereocenters. The number of fused-ring (bicyclic) bond motifs is 4. The van der Waals surface area contributed by atoms with E-state index in [4.69, 9.17) is 11.6 Å². The minimum Gasteiger partial charge on any atom is -0.511 e. The highest BCUT2D eigenvalue weighted by Gasteiger charge is 2.40. The molecule has 0 fully saturated rings. The molecule has 2 aromatic carbocycles. The molecule has 2 heterocycles. The van der Waals surface area contributed by atoms with Gasteiger partial charge in [-0.25, -0.2) is 0 Å². The Morgan fingerprint density at radius 2 is 1.87 bits per heavy atom. The van der Waals surface area contributed by atoms with Crippen LogP contribution in [0.5, 0.6) is 0 Å². The number of hydrogen-bond donors (Lipinski definition) is 4. The van der Waals surface area contributed by atoms with Gasteiger partial charge in [-0.2, -0.15) is 0 Å². The van der Waals surface area contributed by atoms with Crippen LogP contribution in [0.2, 0.25) is 0 Å². The Morgan fingerprint density at radius 1 is 1.13 bits per heavy atom. The van der Waals surface area contributed by atoms with Gasteiger partial charge in [0.2, 0.25) is 0 Å². The van der Waals surface area contributed by atoms with Crippen molar-refractivity contribution in [2.45, 2.75) is 37.1 Å². The van der Waals surface area contributed by atoms with E-state index in [9.17, 15) is 15.3 Å². The lowest BCUT2D eigenvalue weighted by molar-refractivity contribution is -0.150. The fraction of sp³-hybridized carbons (Fsp3) is 0.280. The predicted molar refractivity (Wildman–Crippen MR) is 122 cm³/mol. The van der Waals surface area contributed by atoms with Crippen molar-refractivity contribution < 1.29 is 15.3 Å². The van der Waals surface area contributed by atoms with Crippen molar-refractivity contribution in [2.75, 3.05) is 5.88 Å². The van der Waals surface area contributed by atoms with Crippen LogP contribution in [-0.4, -0.2) is 42.9 Å². The maximum atomic E-state index is 10.5. The van der Waals surface area contributed by atoms with E-state index in [1.807, 2.05) is 41.3 Å². The van der Waals surface area contributed by atoms with Crippen molar-refractivity contribution in [2.24, 2.45) is 0 Å². The Labute approximate surface area is 185 Å². The number of nitrogens with zero attached hydrogens (tertiary/aromatic N) is 1. The van der Waals surface area contributed by atoms with E-state index in [1.54, 1.807) is 0 Å². The molecular formula is C25H25ClN2O3. The van der Waals surface area contributed by atoms with Gasteiger partial charge in [-0.1, -0.05) is 49.6 Å². The van der Waals surface area contributed by atoms with Crippen LogP contribution in [0.1, 0.15) is 34.0 Å². The maximum Gasteiger partial charge on any atom is 0.170 e. The number of para-hydroxylation sites is 1. The highest BCUT2D eigenvalue weighted by Crippen LogP contribution is 2.44. The largest absolute Gasteiger partial charge is 0.511 e. The van der Waals surface area contributed by atoms with Crippen molar-refractivity contribution in [3.05, 3.63) is 95.0 Å². The zero-order valence-corrected chi connectivity index (χ0v) is 17.9. The molecule has 0 radical (unpaired) electrons. The summed E-state index contributed by atoms with van der Waals surface area (Å²) >= 11 is 6.22. The molecule has 0 saturated heterocycles. The van der Waals surface area contributed by atoms with Gasteiger partial charge in [0, 0.05) is 41.6 Å². The number of aromatic amines is 1. The van der Waals surface area contributed by atoms with Gasteiger partial charge in [0.05, 0.1) is 18.0 Å². The van der Waals surface area contributed by atoms with Crippen LogP contribution in [-0.2, 0) is 19.3 Å². The Morgan fingerprint density at radius 3 is 2.61 bits per heavy atom. The monoisotopic (exact) mass is 436 g/mol. The summed E-state index contributed by atoms with van der Waals surface area (Å²) in [5.74, 6) is -1.42. The first-order valence-electron chi connectivity index (χ1n) is 10.3. The van der Waals surface area contributed by atoms with E-state index in [0.29, 0.717) is 12.1 Å². The second kappa shape index (κ2) is 7.16. The smallest absolute Gasteiger partial charge is 0.170 e. The van der Waals surface area contributed by atoms with Crippen LogP contribution in [0.25, 0.3) is 10.9 Å². The number of hydrogen-bond acceptors (Lipinski definition) is 4. The standard InChI is InChI=1S/C25H25ClN2O3/c1-14(13-26)28-22(15(2)29)10-20-19-5-3-4-6-21(19)27-23(20)24(28)16-7-8-17-11-25(30,31)12-18(17)9-16/h3-9,22,24,27,29-31H,1-2,10-13H2/t22?,24-/m1/s1. The van der Waals surface area contributed by atoms with Crippen LogP contribution in [0, 0.1) is 0 Å². The molecule has 3 aromatic rings. The molecule has 160 valence electrons. The Bertz CT molecular complexity index is 1210. The molecule has 0 spiro atoms. The van der Waals surface area contributed by atoms with E-state index in [2.05, 4.69) is 24.2 Å². The van der Waals surface area contributed by atoms with Crippen molar-refractivity contribution in [1.29, 1.82) is 0 Å². The molecule has 6 heteroatoms. The van der Waals surface area contributed by atoms with Crippen molar-refractivity contribution in [1.82, 2.24) is 9.88 Å². The van der Waals surface area contributed by atoms with Crippen LogP contribution in [0.15, 0.2) is 67.1 Å². The molecule has 31 heavy (non-hydrogen) atoms. The van der Waals surface area contributed by atoms with Gasteiger partial charge in [0.1, 0.15) is 5.76 Å². The molecule has 2 aliphatic rings. The Balaban J connectivity index is 1.73. The number of H-pyrrole nitrogens is 1. The van der Waals surface area contributed by atoms with Gasteiger partial charge < -0.3 is 25.2 Å². The lowest BCUT2D eigenvalue weighted by Crippen LogP contribution is -2.44. The lowest BCUT2D eigenvalue weighted by atomic mass is 9.86. The third-order valence-electron chi connectivity index (χ3n) is 6.53. The molecular weight excluding hydrogens is 412 g/mol. The molecule has 0 saturated carbocycles. The number of benzene rings is 2. The van der Waals surface area contributed by atoms with Crippen LogP contribution < -0.4 is 0 Å². The summed E-state index contributed by atoms with van der Waals surface area (Å²) in [6.45, 7) is 8.02. The van der Waals surface area contributed by atoms with Crippen molar-refractivity contribution >= 4 is 22.5 Å². The molecule has 5 rings (SSSR count). The number of nitrogens with one attached hydrogen (secondary N) is 1. The topological polar surface area (TPSA) is 79.7 Å². The number of rotatable bonds is 4. The molecule has 5 nitrogen and oxygen atoms in total. The average Bonchev–Trinajstić information content (AvgIpc) is 3.26. The van der Waals surface area contributed by atoms with Crippen LogP contribution >= 0.6 is 11.6 Å². The van der Waals surface area contributed by atoms with Gasteiger partial charge in [-0.15, -0.1) is 11.6 Å². The SMILES string of the molecule is C=C(O)C1Cc2c([nH]c3ccccc23)[C@@H](c2ccc3c(c2)CC(O)(O)C3)N1C(=C)CCl. The summed E-state index contributed by atoms with van der Waals surface area (Å²) in [5.41, 5.74) is 6.72. The summed E-state index contributed by atoms with van der Waals surface area (Å²) < 4.78 is 0. The van der Waals surface area contributed by atoms with Gasteiger partial charge in [-0.3, -0.25) is 0 Å². The minimum absolute atomic E-state index is 0.0677. The minimum atomic E-state index is -1.71. The highest BCUT2D eigenvalue weighted by molar-refractivity contribution is 6.19. The number of alkyl halides is 1. The summed E-state index contributed by atoms with van der Waals surface area (Å²) in [5, 5.41) is 31.9. The zero-order chi connectivity index (χ0) is 21.9. The molecule has 0 amide bonds. The third-order valence-corrected chi connectivity index (χ3v) is 6.84. The molecule has 1 aliphatic carbocycles. The normalized spacial score (nSPS) is 21.7. The van der Waals surface area contributed by atoms with Crippen LogP contribution in [0.4, 0.5) is 0 Å². The summed E-state index contributed by atoms with van der Waals surface area (Å²) in [4.78, 5) is 5.62. The first kappa shape index (κ1) is 20.2. The first-order valence-corrected chi connectivity index (χ1v) is 10.9. The van der Waals surface area contributed by atoms with Gasteiger partial charge in [0.15, 0.2) is 5.79 Å². The predicted octanol–water partition coefficient (Wildman–Crippen LogP) is 4.09. The van der Waals surface area contributed by atoms with Gasteiger partial charge in [-0.05, 0) is 28.3 Å². The lowest BCUT2D eigenvalue weighted by Gasteiger charge is -2.44. The number of aliphatic hydroxyl groups excluding tert-OH is 1. The highest BCUT2D eigenvalue weighted by atomic mass is 35.5. The number of aromatic nitrogens is 1. The third kappa shape index (κ3) is 3.24. The molecule has 4 N–H and O–H groups in total. The van der Waals surface area contributed by atoms with E-state index in [-0.39, 0.29) is 36.6 Å². The summed E-state index contributed by atoms with van der Waals surface area (Å²) in [6, 6.07) is 13.5. The van der Waals surface area contributed by atoms with Crippen molar-refractivity contribution in [3.8, 4) is 0 Å². The Kier molecular flexibility index (Phi) is 4.66. The van der Waals surface area contributed by atoms with Gasteiger partial charge in [0.25, 0.3) is 0 Å². The zero-order valence-electron chi connectivity index (χ0n) is 17.1. The Hall–Kier alpha value is -2.73. The quantitative estimate of drug-likeness (QED) is 0.282. The molecule has 1 aromatic heterocycles. The van der Waals surface area contributed by atoms with Crippen LogP contribution in [0.3, 0.4) is 0 Å². The molecule has 1 aliphatic heterocycles. The maximum absolute atomic E-state index is 10.5. The number of allylic oxidation sites excluding steroid dienone is 1. The average molecular weight is 437 g/mol. The van der Waals surface area contributed by atoms with E-state index in [1.165, 1.54) is 0 Å². The molecule has 2 atom stereocenters. The van der Waals surface area contributed by atoms with E-state index in [0.717, 1.165) is 38.9 Å². The number of aliphatic hydroxyl groups is 3.